The summed E-state index contributed by atoms with van der Waals surface area (Å²) >= 11 is 0. The van der Waals surface area contributed by atoms with Crippen LogP contribution in [0.2, 0.25) is 0 Å². The Kier molecular flexibility index (Phi) is 7.45. The van der Waals surface area contributed by atoms with Crippen molar-refractivity contribution in [3.8, 4) is 5.75 Å². The average molecular weight is 405 g/mol. The van der Waals surface area contributed by atoms with Gasteiger partial charge in [0.25, 0.3) is 5.91 Å². The highest BCUT2D eigenvalue weighted by Gasteiger charge is 2.12. The lowest BCUT2D eigenvalue weighted by Crippen LogP contribution is -2.21. The van der Waals surface area contributed by atoms with Crippen molar-refractivity contribution in [3.63, 3.8) is 0 Å². The summed E-state index contributed by atoms with van der Waals surface area (Å²) in [6.45, 7) is 7.49. The van der Waals surface area contributed by atoms with Gasteiger partial charge >= 0.3 is 0 Å². The van der Waals surface area contributed by atoms with Gasteiger partial charge in [0.2, 0.25) is 10.0 Å². The summed E-state index contributed by atoms with van der Waals surface area (Å²) in [6, 6.07) is 12.7. The normalized spacial score (nSPS) is 12.3. The Morgan fingerprint density at radius 2 is 1.86 bits per heavy atom. The van der Waals surface area contributed by atoms with E-state index in [0.717, 1.165) is 17.5 Å². The Morgan fingerprint density at radius 1 is 1.14 bits per heavy atom. The number of rotatable bonds is 9. The van der Waals surface area contributed by atoms with Gasteiger partial charge in [0.05, 0.1) is 11.4 Å². The number of sulfonamides is 1. The molecule has 2 aromatic carbocycles. The number of carbonyl (C=O) groups excluding carboxylic acids is 1. The lowest BCUT2D eigenvalue weighted by molar-refractivity contribution is -0.118. The number of hydrogen-bond acceptors (Lipinski definition) is 4. The minimum Gasteiger partial charge on any atom is -0.483 e. The van der Waals surface area contributed by atoms with Crippen molar-refractivity contribution in [2.24, 2.45) is 0 Å². The van der Waals surface area contributed by atoms with Crippen LogP contribution < -0.4 is 14.8 Å². The van der Waals surface area contributed by atoms with Gasteiger partial charge in [0.1, 0.15) is 5.75 Å². The number of ether oxygens (including phenoxy) is 1. The van der Waals surface area contributed by atoms with E-state index in [1.54, 1.807) is 32.0 Å². The van der Waals surface area contributed by atoms with E-state index in [2.05, 4.69) is 23.9 Å². The van der Waals surface area contributed by atoms with Gasteiger partial charge in [-0.25, -0.2) is 8.42 Å². The maximum atomic E-state index is 12.3. The van der Waals surface area contributed by atoms with Gasteiger partial charge in [-0.1, -0.05) is 32.0 Å². The second-order valence-corrected chi connectivity index (χ2v) is 8.73. The average Bonchev–Trinajstić information content (AvgIpc) is 2.68. The monoisotopic (exact) mass is 404 g/mol. The third-order valence-corrected chi connectivity index (χ3v) is 5.87. The highest BCUT2D eigenvalue weighted by Crippen LogP contribution is 2.28. The van der Waals surface area contributed by atoms with E-state index in [-0.39, 0.29) is 18.3 Å². The second kappa shape index (κ2) is 9.59. The van der Waals surface area contributed by atoms with Crippen LogP contribution in [-0.4, -0.2) is 26.7 Å². The molecule has 0 saturated heterocycles. The Morgan fingerprint density at radius 3 is 2.50 bits per heavy atom. The van der Waals surface area contributed by atoms with Gasteiger partial charge in [0.15, 0.2) is 6.61 Å². The first kappa shape index (κ1) is 21.8. The molecule has 0 aliphatic rings. The molecule has 1 unspecified atom stereocenters. The second-order valence-electron chi connectivity index (χ2n) is 6.72. The molecule has 28 heavy (non-hydrogen) atoms. The number of nitrogens with one attached hydrogen (secondary N) is 2. The molecule has 2 aromatic rings. The van der Waals surface area contributed by atoms with E-state index >= 15 is 0 Å². The van der Waals surface area contributed by atoms with Crippen LogP contribution >= 0.6 is 0 Å². The summed E-state index contributed by atoms with van der Waals surface area (Å²) in [7, 11) is -3.34. The van der Waals surface area contributed by atoms with Crippen molar-refractivity contribution in [3.05, 3.63) is 53.6 Å². The number of carbonyl (C=O) groups is 1. The zero-order chi connectivity index (χ0) is 20.7. The fourth-order valence-corrected chi connectivity index (χ4v) is 3.38. The number of aryl methyl sites for hydroxylation is 1. The van der Waals surface area contributed by atoms with Crippen molar-refractivity contribution in [2.45, 2.75) is 40.0 Å². The summed E-state index contributed by atoms with van der Waals surface area (Å²) in [5, 5.41) is 2.78. The Labute approximate surface area is 167 Å². The molecular formula is C21H28N2O4S. The molecule has 2 rings (SSSR count). The molecule has 0 radical (unpaired) electrons. The molecular weight excluding hydrogens is 376 g/mol. The highest BCUT2D eigenvalue weighted by atomic mass is 32.2. The number of para-hydroxylation sites is 1. The van der Waals surface area contributed by atoms with Crippen LogP contribution in [0.4, 0.5) is 11.4 Å². The summed E-state index contributed by atoms with van der Waals surface area (Å²) in [5.74, 6) is 0.787. The predicted molar refractivity (Wildman–Crippen MR) is 114 cm³/mol. The number of amides is 1. The fraction of sp³-hybridized carbons (Fsp3) is 0.381. The topological polar surface area (TPSA) is 84.5 Å². The Bertz CT molecular complexity index is 926. The Hall–Kier alpha value is -2.54. The van der Waals surface area contributed by atoms with Crippen molar-refractivity contribution in [2.75, 3.05) is 22.4 Å². The molecule has 7 heteroatoms. The summed E-state index contributed by atoms with van der Waals surface area (Å²) < 4.78 is 31.7. The van der Waals surface area contributed by atoms with Gasteiger partial charge in [-0.2, -0.15) is 0 Å². The SMILES string of the molecule is CCC(C)c1ccccc1OCC(=O)Nc1ccc(NS(=O)(=O)CC)c(C)c1. The molecule has 0 aromatic heterocycles. The third kappa shape index (κ3) is 5.99. The minimum atomic E-state index is -3.34. The molecule has 0 aliphatic carbocycles. The largest absolute Gasteiger partial charge is 0.483 e. The lowest BCUT2D eigenvalue weighted by atomic mass is 9.98. The molecule has 6 nitrogen and oxygen atoms in total. The van der Waals surface area contributed by atoms with Crippen molar-refractivity contribution >= 4 is 27.3 Å². The van der Waals surface area contributed by atoms with E-state index in [1.807, 2.05) is 24.3 Å². The van der Waals surface area contributed by atoms with Crippen LogP contribution in [0.15, 0.2) is 42.5 Å². The molecule has 0 spiro atoms. The molecule has 0 fully saturated rings. The lowest BCUT2D eigenvalue weighted by Gasteiger charge is -2.16. The van der Waals surface area contributed by atoms with Crippen LogP contribution in [0, 0.1) is 6.92 Å². The molecule has 0 aliphatic heterocycles. The zero-order valence-electron chi connectivity index (χ0n) is 16.8. The predicted octanol–water partition coefficient (Wildman–Crippen LogP) is 4.29. The van der Waals surface area contributed by atoms with E-state index in [9.17, 15) is 13.2 Å². The van der Waals surface area contributed by atoms with E-state index in [1.165, 1.54) is 0 Å². The molecule has 1 amide bonds. The van der Waals surface area contributed by atoms with Crippen LogP contribution in [0.25, 0.3) is 0 Å². The quantitative estimate of drug-likeness (QED) is 0.653. The molecule has 0 saturated carbocycles. The van der Waals surface area contributed by atoms with E-state index < -0.39 is 10.0 Å². The van der Waals surface area contributed by atoms with Gasteiger partial charge in [0, 0.05) is 5.69 Å². The first-order valence-electron chi connectivity index (χ1n) is 9.38. The van der Waals surface area contributed by atoms with Gasteiger partial charge < -0.3 is 10.1 Å². The maximum absolute atomic E-state index is 12.3. The van der Waals surface area contributed by atoms with Crippen LogP contribution in [-0.2, 0) is 14.8 Å². The molecule has 1 atom stereocenters. The highest BCUT2D eigenvalue weighted by molar-refractivity contribution is 7.92. The summed E-state index contributed by atoms with van der Waals surface area (Å²) in [5.41, 5.74) is 2.89. The number of hydrogen-bond donors (Lipinski definition) is 2. The first-order valence-corrected chi connectivity index (χ1v) is 11.0. The third-order valence-electron chi connectivity index (χ3n) is 4.58. The van der Waals surface area contributed by atoms with Crippen LogP contribution in [0.1, 0.15) is 44.2 Å². The van der Waals surface area contributed by atoms with E-state index in [0.29, 0.717) is 23.0 Å². The molecule has 0 bridgehead atoms. The Balaban J connectivity index is 2.00. The van der Waals surface area contributed by atoms with Crippen molar-refractivity contribution in [1.29, 1.82) is 0 Å². The first-order chi connectivity index (χ1) is 13.3. The maximum Gasteiger partial charge on any atom is 0.262 e. The van der Waals surface area contributed by atoms with Gasteiger partial charge in [-0.3, -0.25) is 9.52 Å². The zero-order valence-corrected chi connectivity index (χ0v) is 17.6. The standard InChI is InChI=1S/C21H28N2O4S/c1-5-15(3)18-9-7-8-10-20(18)27-14-21(24)22-17-11-12-19(16(4)13-17)23-28(25,26)6-2/h7-13,15,23H,5-6,14H2,1-4H3,(H,22,24). The fourth-order valence-electron chi connectivity index (χ4n) is 2.68. The van der Waals surface area contributed by atoms with Gasteiger partial charge in [-0.15, -0.1) is 0 Å². The number of anilines is 2. The van der Waals surface area contributed by atoms with Crippen molar-refractivity contribution < 1.29 is 17.9 Å². The molecule has 152 valence electrons. The molecule has 0 heterocycles. The number of benzene rings is 2. The smallest absolute Gasteiger partial charge is 0.262 e. The summed E-state index contributed by atoms with van der Waals surface area (Å²) in [4.78, 5) is 12.3. The van der Waals surface area contributed by atoms with Crippen LogP contribution in [0.3, 0.4) is 0 Å². The van der Waals surface area contributed by atoms with Crippen molar-refractivity contribution in [1.82, 2.24) is 0 Å². The molecule has 2 N–H and O–H groups in total. The minimum absolute atomic E-state index is 0.000386. The van der Waals surface area contributed by atoms with Crippen LogP contribution in [0.5, 0.6) is 5.75 Å². The van der Waals surface area contributed by atoms with E-state index in [4.69, 9.17) is 4.74 Å². The summed E-state index contributed by atoms with van der Waals surface area (Å²) in [6.07, 6.45) is 0.986. The van der Waals surface area contributed by atoms with Gasteiger partial charge in [-0.05, 0) is 61.6 Å².